The lowest BCUT2D eigenvalue weighted by Gasteiger charge is -2.15. The molecule has 0 saturated heterocycles. The second-order valence-electron chi connectivity index (χ2n) is 3.20. The number of carbonyl (C=O) groups excluding carboxylic acids is 1. The number of hydrogen-bond acceptors (Lipinski definition) is 3. The number of nitrogens with one attached hydrogen (secondary N) is 2. The van der Waals surface area contributed by atoms with Crippen molar-refractivity contribution in [1.82, 2.24) is 5.32 Å². The maximum atomic E-state index is 10.8. The Labute approximate surface area is 87.9 Å². The van der Waals surface area contributed by atoms with E-state index in [0.29, 0.717) is 18.7 Å². The first-order valence-corrected chi connectivity index (χ1v) is 4.67. The first-order chi connectivity index (χ1) is 7.11. The Hall–Kier alpha value is -1.43. The molecule has 0 fully saturated rings. The summed E-state index contributed by atoms with van der Waals surface area (Å²) in [5.41, 5.74) is 1.03. The lowest BCUT2D eigenvalue weighted by Crippen LogP contribution is -2.99. The van der Waals surface area contributed by atoms with Crippen LogP contribution in [0.15, 0.2) is 24.3 Å². The van der Waals surface area contributed by atoms with Gasteiger partial charge in [-0.1, -0.05) is 18.2 Å². The fraction of sp³-hybridized carbons (Fsp3) is 0.300. The average molecular weight is 210 g/mol. The van der Waals surface area contributed by atoms with Crippen LogP contribution in [0.1, 0.15) is 12.5 Å². The molecule has 0 aliphatic heterocycles. The van der Waals surface area contributed by atoms with Gasteiger partial charge in [0.25, 0.3) is 0 Å². The molecular weight excluding hydrogens is 196 g/mol. The minimum atomic E-state index is -0.937. The fourth-order valence-corrected chi connectivity index (χ4v) is 1.32. The smallest absolute Gasteiger partial charge is 0.216 e. The van der Waals surface area contributed by atoms with Crippen molar-refractivity contribution in [2.24, 2.45) is 0 Å². The Morgan fingerprint density at radius 3 is 2.80 bits per heavy atom. The molecule has 5 heteroatoms. The minimum absolute atomic E-state index is 0.109. The largest absolute Gasteiger partial charge is 0.595 e. The second kappa shape index (κ2) is 5.45. The molecule has 1 aromatic carbocycles. The number of para-hydroxylation sites is 1. The van der Waals surface area contributed by atoms with Gasteiger partial charge in [0, 0.05) is 25.1 Å². The molecule has 0 aromatic heterocycles. The Kier molecular flexibility index (Phi) is 4.23. The van der Waals surface area contributed by atoms with Gasteiger partial charge >= 0.3 is 0 Å². The Balaban J connectivity index is 2.63. The molecule has 0 radical (unpaired) electrons. The van der Waals surface area contributed by atoms with E-state index < -0.39 is 5.23 Å². The molecule has 1 amide bonds. The van der Waals surface area contributed by atoms with Crippen LogP contribution < -0.4 is 10.5 Å². The van der Waals surface area contributed by atoms with Crippen molar-refractivity contribution in [2.75, 3.05) is 6.54 Å². The maximum absolute atomic E-state index is 10.8. The molecule has 1 unspecified atom stereocenters. The van der Waals surface area contributed by atoms with Crippen LogP contribution in [0.3, 0.4) is 0 Å². The topological polar surface area (TPSA) is 76.8 Å². The van der Waals surface area contributed by atoms with E-state index >= 15 is 0 Å². The average Bonchev–Trinajstić information content (AvgIpc) is 2.17. The normalized spacial score (nSPS) is 12.2. The van der Waals surface area contributed by atoms with Gasteiger partial charge in [0.15, 0.2) is 5.69 Å². The summed E-state index contributed by atoms with van der Waals surface area (Å²) < 4.78 is 0. The molecule has 82 valence electrons. The summed E-state index contributed by atoms with van der Waals surface area (Å²) in [6.07, 6.45) is 0.530. The molecule has 0 aliphatic rings. The van der Waals surface area contributed by atoms with Gasteiger partial charge in [0.1, 0.15) is 0 Å². The van der Waals surface area contributed by atoms with Gasteiger partial charge in [-0.2, -0.15) is 5.23 Å². The predicted molar refractivity (Wildman–Crippen MR) is 54.6 cm³/mol. The predicted octanol–water partition coefficient (Wildman–Crippen LogP) is -0.231. The zero-order valence-corrected chi connectivity index (χ0v) is 8.49. The van der Waals surface area contributed by atoms with Gasteiger partial charge in [-0.05, 0) is 6.42 Å². The van der Waals surface area contributed by atoms with Gasteiger partial charge in [-0.25, -0.2) is 5.21 Å². The summed E-state index contributed by atoms with van der Waals surface area (Å²) in [5, 5.41) is 21.4. The maximum Gasteiger partial charge on any atom is 0.216 e. The highest BCUT2D eigenvalue weighted by molar-refractivity contribution is 5.72. The summed E-state index contributed by atoms with van der Waals surface area (Å²) in [7, 11) is 0. The molecule has 0 aliphatic carbocycles. The first kappa shape index (κ1) is 11.6. The summed E-state index contributed by atoms with van der Waals surface area (Å²) >= 11 is 0. The Bertz CT molecular complexity index is 339. The molecule has 0 saturated carbocycles. The van der Waals surface area contributed by atoms with E-state index in [4.69, 9.17) is 5.21 Å². The van der Waals surface area contributed by atoms with Crippen LogP contribution in [0.2, 0.25) is 0 Å². The van der Waals surface area contributed by atoms with Crippen molar-refractivity contribution < 1.29 is 15.2 Å². The van der Waals surface area contributed by atoms with Crippen molar-refractivity contribution in [3.63, 3.8) is 0 Å². The summed E-state index contributed by atoms with van der Waals surface area (Å²) in [4.78, 5) is 10.6. The SMILES string of the molecule is CC(=O)NCCc1ccccc1[NH+]([O-])O. The van der Waals surface area contributed by atoms with Crippen LogP contribution in [0.25, 0.3) is 0 Å². The zero-order valence-electron chi connectivity index (χ0n) is 8.49. The van der Waals surface area contributed by atoms with Gasteiger partial charge in [-0.15, -0.1) is 0 Å². The molecule has 3 N–H and O–H groups in total. The van der Waals surface area contributed by atoms with Gasteiger partial charge in [0.2, 0.25) is 5.91 Å². The molecule has 5 nitrogen and oxygen atoms in total. The third-order valence-electron chi connectivity index (χ3n) is 2.02. The van der Waals surface area contributed by atoms with Crippen molar-refractivity contribution in [2.45, 2.75) is 13.3 Å². The Morgan fingerprint density at radius 1 is 1.53 bits per heavy atom. The highest BCUT2D eigenvalue weighted by Crippen LogP contribution is 2.10. The van der Waals surface area contributed by atoms with Crippen LogP contribution in [0.4, 0.5) is 5.69 Å². The number of hydrogen-bond donors (Lipinski definition) is 3. The standard InChI is InChI=1S/C10H14N2O3/c1-8(13)11-7-6-9-4-2-3-5-10(9)12(14)15/h2-5,12,14H,6-7H2,1H3,(H,11,13). The lowest BCUT2D eigenvalue weighted by molar-refractivity contribution is -0.991. The van der Waals surface area contributed by atoms with Crippen LogP contribution in [0.5, 0.6) is 0 Å². The van der Waals surface area contributed by atoms with Crippen LogP contribution >= 0.6 is 0 Å². The molecule has 0 heterocycles. The van der Waals surface area contributed by atoms with Crippen molar-refractivity contribution in [1.29, 1.82) is 0 Å². The number of amides is 1. The summed E-state index contributed by atoms with van der Waals surface area (Å²) in [5.74, 6) is -0.109. The third kappa shape index (κ3) is 3.67. The number of benzene rings is 1. The summed E-state index contributed by atoms with van der Waals surface area (Å²) in [6, 6.07) is 6.79. The fourth-order valence-electron chi connectivity index (χ4n) is 1.32. The van der Waals surface area contributed by atoms with Gasteiger partial charge < -0.3 is 10.5 Å². The van der Waals surface area contributed by atoms with E-state index in [9.17, 15) is 10.0 Å². The minimum Gasteiger partial charge on any atom is -0.595 e. The van der Waals surface area contributed by atoms with E-state index in [1.54, 1.807) is 24.3 Å². The van der Waals surface area contributed by atoms with E-state index in [0.717, 1.165) is 5.56 Å². The molecule has 1 atom stereocenters. The van der Waals surface area contributed by atoms with Crippen LogP contribution in [-0.4, -0.2) is 17.7 Å². The van der Waals surface area contributed by atoms with Crippen molar-refractivity contribution in [3.05, 3.63) is 35.0 Å². The molecule has 0 bridgehead atoms. The third-order valence-corrected chi connectivity index (χ3v) is 2.02. The monoisotopic (exact) mass is 210 g/mol. The van der Waals surface area contributed by atoms with Crippen LogP contribution in [-0.2, 0) is 11.2 Å². The van der Waals surface area contributed by atoms with E-state index in [1.165, 1.54) is 6.92 Å². The number of quaternary nitrogens is 1. The van der Waals surface area contributed by atoms with Gasteiger partial charge in [0.05, 0.1) is 0 Å². The molecule has 15 heavy (non-hydrogen) atoms. The molecular formula is C10H14N2O3. The van der Waals surface area contributed by atoms with Crippen molar-refractivity contribution >= 4 is 11.6 Å². The van der Waals surface area contributed by atoms with Crippen molar-refractivity contribution in [3.8, 4) is 0 Å². The zero-order chi connectivity index (χ0) is 11.3. The number of carbonyl (C=O) groups is 1. The quantitative estimate of drug-likeness (QED) is 0.601. The summed E-state index contributed by atoms with van der Waals surface area (Å²) in [6.45, 7) is 1.89. The highest BCUT2D eigenvalue weighted by atomic mass is 16.8. The second-order valence-corrected chi connectivity index (χ2v) is 3.20. The van der Waals surface area contributed by atoms with E-state index in [1.807, 2.05) is 0 Å². The first-order valence-electron chi connectivity index (χ1n) is 4.67. The Morgan fingerprint density at radius 2 is 2.20 bits per heavy atom. The van der Waals surface area contributed by atoms with Crippen LogP contribution in [0, 0.1) is 5.21 Å². The number of rotatable bonds is 4. The van der Waals surface area contributed by atoms with E-state index in [2.05, 4.69) is 5.32 Å². The highest BCUT2D eigenvalue weighted by Gasteiger charge is 2.07. The van der Waals surface area contributed by atoms with E-state index in [-0.39, 0.29) is 5.91 Å². The molecule has 1 aromatic rings. The molecule has 1 rings (SSSR count). The lowest BCUT2D eigenvalue weighted by atomic mass is 10.1. The molecule has 0 spiro atoms. The van der Waals surface area contributed by atoms with Gasteiger partial charge in [-0.3, -0.25) is 4.79 Å².